The zero-order valence-electron chi connectivity index (χ0n) is 15.7. The molecule has 0 saturated carbocycles. The van der Waals surface area contributed by atoms with Gasteiger partial charge in [-0.3, -0.25) is 4.79 Å². The van der Waals surface area contributed by atoms with Gasteiger partial charge in [-0.2, -0.15) is 4.98 Å². The number of hydrogen-bond donors (Lipinski definition) is 1. The second-order valence-electron chi connectivity index (χ2n) is 7.24. The molecule has 0 aliphatic carbocycles. The molecule has 1 aliphatic heterocycles. The van der Waals surface area contributed by atoms with Crippen LogP contribution in [0.3, 0.4) is 0 Å². The van der Waals surface area contributed by atoms with E-state index in [9.17, 15) is 4.79 Å². The SMILES string of the molecule is CN(C)C1CCCN(C(=O)c2ccc(-c3cccc4nc(N)nn34)cc2)C1. The molecule has 1 fully saturated rings. The van der Waals surface area contributed by atoms with Crippen LogP contribution in [0.1, 0.15) is 23.2 Å². The average Bonchev–Trinajstić information content (AvgIpc) is 3.08. The minimum absolute atomic E-state index is 0.0938. The fraction of sp³-hybridized carbons (Fsp3) is 0.350. The number of carbonyl (C=O) groups is 1. The third-order valence-corrected chi connectivity index (χ3v) is 5.22. The summed E-state index contributed by atoms with van der Waals surface area (Å²) in [5.41, 5.74) is 8.99. The van der Waals surface area contributed by atoms with Crippen molar-refractivity contribution in [3.05, 3.63) is 48.0 Å². The van der Waals surface area contributed by atoms with Gasteiger partial charge in [0.2, 0.25) is 5.95 Å². The van der Waals surface area contributed by atoms with E-state index < -0.39 is 0 Å². The molecule has 2 N–H and O–H groups in total. The number of piperidine rings is 1. The number of aromatic nitrogens is 3. The Bertz CT molecular complexity index is 962. The molecular formula is C20H24N6O. The lowest BCUT2D eigenvalue weighted by atomic mass is 10.0. The molecule has 27 heavy (non-hydrogen) atoms. The lowest BCUT2D eigenvalue weighted by molar-refractivity contribution is 0.0635. The zero-order valence-corrected chi connectivity index (χ0v) is 15.7. The maximum Gasteiger partial charge on any atom is 0.253 e. The fourth-order valence-corrected chi connectivity index (χ4v) is 3.67. The van der Waals surface area contributed by atoms with E-state index in [0.717, 1.165) is 37.2 Å². The molecule has 0 spiro atoms. The van der Waals surface area contributed by atoms with Gasteiger partial charge in [0, 0.05) is 30.3 Å². The van der Waals surface area contributed by atoms with Gasteiger partial charge < -0.3 is 15.5 Å². The van der Waals surface area contributed by atoms with Gasteiger partial charge in [0.15, 0.2) is 5.65 Å². The molecular weight excluding hydrogens is 340 g/mol. The number of amides is 1. The number of likely N-dealkylation sites (N-methyl/N-ethyl adjacent to an activating group) is 1. The normalized spacial score (nSPS) is 17.6. The molecule has 3 aromatic rings. The number of nitrogens with zero attached hydrogens (tertiary/aromatic N) is 5. The van der Waals surface area contributed by atoms with Gasteiger partial charge >= 0.3 is 0 Å². The lowest BCUT2D eigenvalue weighted by Crippen LogP contribution is -2.47. The van der Waals surface area contributed by atoms with Crippen LogP contribution in [0.5, 0.6) is 0 Å². The number of benzene rings is 1. The summed E-state index contributed by atoms with van der Waals surface area (Å²) >= 11 is 0. The highest BCUT2D eigenvalue weighted by Crippen LogP contribution is 2.22. The molecule has 4 rings (SSSR count). The number of hydrogen-bond acceptors (Lipinski definition) is 5. The van der Waals surface area contributed by atoms with Gasteiger partial charge in [0.1, 0.15) is 0 Å². The minimum atomic E-state index is 0.0938. The van der Waals surface area contributed by atoms with Crippen molar-refractivity contribution in [2.45, 2.75) is 18.9 Å². The largest absolute Gasteiger partial charge is 0.366 e. The van der Waals surface area contributed by atoms with Crippen molar-refractivity contribution in [2.24, 2.45) is 0 Å². The van der Waals surface area contributed by atoms with Crippen molar-refractivity contribution >= 4 is 17.5 Å². The van der Waals surface area contributed by atoms with Crippen LogP contribution >= 0.6 is 0 Å². The standard InChI is InChI=1S/C20H24N6O/c1-24(2)16-5-4-12-25(13-16)19(27)15-10-8-14(9-11-15)17-6-3-7-18-22-20(21)23-26(17)18/h3,6-11,16H,4-5,12-13H2,1-2H3,(H2,21,23). The summed E-state index contributed by atoms with van der Waals surface area (Å²) in [6.45, 7) is 1.60. The zero-order chi connectivity index (χ0) is 19.0. The topological polar surface area (TPSA) is 79.8 Å². The number of pyridine rings is 1. The van der Waals surface area contributed by atoms with Gasteiger partial charge in [0.25, 0.3) is 5.91 Å². The van der Waals surface area contributed by atoms with Gasteiger partial charge in [-0.15, -0.1) is 5.10 Å². The summed E-state index contributed by atoms with van der Waals surface area (Å²) in [6.07, 6.45) is 2.18. The fourth-order valence-electron chi connectivity index (χ4n) is 3.67. The van der Waals surface area contributed by atoms with Crippen LogP contribution < -0.4 is 5.73 Å². The van der Waals surface area contributed by atoms with E-state index in [0.29, 0.717) is 17.3 Å². The molecule has 1 aromatic carbocycles. The maximum absolute atomic E-state index is 12.9. The number of rotatable bonds is 3. The van der Waals surface area contributed by atoms with Crippen LogP contribution in [0.15, 0.2) is 42.5 Å². The van der Waals surface area contributed by atoms with Gasteiger partial charge in [-0.1, -0.05) is 18.2 Å². The van der Waals surface area contributed by atoms with E-state index in [1.54, 1.807) is 4.52 Å². The lowest BCUT2D eigenvalue weighted by Gasteiger charge is -2.36. The van der Waals surface area contributed by atoms with Crippen LogP contribution in [0.2, 0.25) is 0 Å². The Morgan fingerprint density at radius 3 is 2.70 bits per heavy atom. The van der Waals surface area contributed by atoms with Gasteiger partial charge in [-0.05, 0) is 51.2 Å². The summed E-state index contributed by atoms with van der Waals surface area (Å²) in [6, 6.07) is 13.9. The quantitative estimate of drug-likeness (QED) is 0.770. The van der Waals surface area contributed by atoms with Gasteiger partial charge in [-0.25, -0.2) is 4.52 Å². The number of nitrogens with two attached hydrogens (primary N) is 1. The van der Waals surface area contributed by atoms with E-state index in [1.165, 1.54) is 0 Å². The molecule has 1 aliphatic rings. The number of fused-ring (bicyclic) bond motifs is 1. The van der Waals surface area contributed by atoms with E-state index in [1.807, 2.05) is 47.4 Å². The van der Waals surface area contributed by atoms with Crippen LogP contribution in [-0.4, -0.2) is 63.5 Å². The first-order chi connectivity index (χ1) is 13.0. The second-order valence-corrected chi connectivity index (χ2v) is 7.24. The number of likely N-dealkylation sites (tertiary alicyclic amines) is 1. The van der Waals surface area contributed by atoms with E-state index >= 15 is 0 Å². The molecule has 7 nitrogen and oxygen atoms in total. The van der Waals surface area contributed by atoms with Gasteiger partial charge in [0.05, 0.1) is 5.69 Å². The van der Waals surface area contributed by atoms with Crippen molar-refractivity contribution in [2.75, 3.05) is 32.9 Å². The summed E-state index contributed by atoms with van der Waals surface area (Å²) in [5, 5.41) is 4.25. The molecule has 1 saturated heterocycles. The molecule has 140 valence electrons. The van der Waals surface area contributed by atoms with Crippen LogP contribution in [0.4, 0.5) is 5.95 Å². The first kappa shape index (κ1) is 17.5. The third-order valence-electron chi connectivity index (χ3n) is 5.22. The predicted molar refractivity (Wildman–Crippen MR) is 105 cm³/mol. The molecule has 1 amide bonds. The first-order valence-corrected chi connectivity index (χ1v) is 9.20. The Labute approximate surface area is 158 Å². The second kappa shape index (κ2) is 7.00. The third kappa shape index (κ3) is 3.38. The maximum atomic E-state index is 12.9. The highest BCUT2D eigenvalue weighted by molar-refractivity contribution is 5.94. The molecule has 1 unspecified atom stereocenters. The van der Waals surface area contributed by atoms with Crippen LogP contribution in [-0.2, 0) is 0 Å². The summed E-state index contributed by atoms with van der Waals surface area (Å²) < 4.78 is 1.72. The van der Waals surface area contributed by atoms with Crippen LogP contribution in [0.25, 0.3) is 16.9 Å². The smallest absolute Gasteiger partial charge is 0.253 e. The van der Waals surface area contributed by atoms with Crippen molar-refractivity contribution in [3.8, 4) is 11.3 Å². The number of carbonyl (C=O) groups excluding carboxylic acids is 1. The van der Waals surface area contributed by atoms with E-state index in [4.69, 9.17) is 5.73 Å². The van der Waals surface area contributed by atoms with Crippen molar-refractivity contribution in [1.82, 2.24) is 24.4 Å². The Kier molecular flexibility index (Phi) is 4.53. The molecule has 2 aromatic heterocycles. The monoisotopic (exact) mass is 364 g/mol. The molecule has 3 heterocycles. The average molecular weight is 364 g/mol. The summed E-state index contributed by atoms with van der Waals surface area (Å²) in [7, 11) is 4.15. The van der Waals surface area contributed by atoms with Crippen LogP contribution in [0, 0.1) is 0 Å². The summed E-state index contributed by atoms with van der Waals surface area (Å²) in [5.74, 6) is 0.339. The minimum Gasteiger partial charge on any atom is -0.366 e. The Balaban J connectivity index is 1.57. The molecule has 7 heteroatoms. The van der Waals surface area contributed by atoms with E-state index in [-0.39, 0.29) is 11.9 Å². The van der Waals surface area contributed by atoms with E-state index in [2.05, 4.69) is 29.1 Å². The van der Waals surface area contributed by atoms with Crippen molar-refractivity contribution in [1.29, 1.82) is 0 Å². The van der Waals surface area contributed by atoms with Crippen molar-refractivity contribution < 1.29 is 4.79 Å². The predicted octanol–water partition coefficient (Wildman–Crippen LogP) is 2.14. The van der Waals surface area contributed by atoms with Crippen molar-refractivity contribution in [3.63, 3.8) is 0 Å². The Morgan fingerprint density at radius 1 is 1.19 bits per heavy atom. The highest BCUT2D eigenvalue weighted by atomic mass is 16.2. The molecule has 1 atom stereocenters. The molecule has 0 bridgehead atoms. The highest BCUT2D eigenvalue weighted by Gasteiger charge is 2.25. The Morgan fingerprint density at radius 2 is 1.96 bits per heavy atom. The number of nitrogen functional groups attached to an aromatic ring is 1. The summed E-state index contributed by atoms with van der Waals surface area (Å²) in [4.78, 5) is 21.2. The molecule has 0 radical (unpaired) electrons. The Hall–Kier alpha value is -2.93. The first-order valence-electron chi connectivity index (χ1n) is 9.20. The number of anilines is 1.